The molecule has 1 N–H and O–H groups in total. The smallest absolute Gasteiger partial charge is 0.0746 e. The molecule has 3 heteroatoms. The molecule has 0 aromatic carbocycles. The molecule has 1 unspecified atom stereocenters. The Bertz CT molecular complexity index is 196. The van der Waals surface area contributed by atoms with Crippen molar-refractivity contribution in [3.05, 3.63) is 0 Å². The van der Waals surface area contributed by atoms with Gasteiger partial charge in [0.2, 0.25) is 0 Å². The summed E-state index contributed by atoms with van der Waals surface area (Å²) in [5, 5.41) is 10.5. The molecule has 96 valence electrons. The molecule has 0 saturated carbocycles. The Morgan fingerprint density at radius 2 is 1.69 bits per heavy atom. The van der Waals surface area contributed by atoms with Crippen LogP contribution in [-0.2, 0) is 4.74 Å². The van der Waals surface area contributed by atoms with Crippen molar-refractivity contribution in [2.45, 2.75) is 52.2 Å². The number of nitrogens with zero attached hydrogens (tertiary/aromatic N) is 1. The molecule has 1 fully saturated rings. The number of aliphatic hydroxyl groups is 1. The molecule has 1 saturated heterocycles. The molecular formula is C13H27NO2. The molecule has 0 aromatic rings. The van der Waals surface area contributed by atoms with E-state index >= 15 is 0 Å². The molecule has 1 aliphatic heterocycles. The summed E-state index contributed by atoms with van der Waals surface area (Å²) in [6, 6.07) is 0. The summed E-state index contributed by atoms with van der Waals surface area (Å²) in [5.41, 5.74) is -0.138. The van der Waals surface area contributed by atoms with Crippen LogP contribution in [0.3, 0.4) is 0 Å². The molecule has 3 nitrogen and oxygen atoms in total. The van der Waals surface area contributed by atoms with Crippen molar-refractivity contribution in [1.82, 2.24) is 4.90 Å². The first-order valence-corrected chi connectivity index (χ1v) is 6.54. The average molecular weight is 229 g/mol. The van der Waals surface area contributed by atoms with Crippen LogP contribution in [0.4, 0.5) is 0 Å². The first kappa shape index (κ1) is 13.9. The Morgan fingerprint density at radius 3 is 2.12 bits per heavy atom. The third-order valence-electron chi connectivity index (χ3n) is 4.05. The summed E-state index contributed by atoms with van der Waals surface area (Å²) in [4.78, 5) is 2.36. The quantitative estimate of drug-likeness (QED) is 0.781. The van der Waals surface area contributed by atoms with Gasteiger partial charge in [-0.2, -0.15) is 0 Å². The maximum Gasteiger partial charge on any atom is 0.0746 e. The van der Waals surface area contributed by atoms with E-state index in [0.717, 1.165) is 39.1 Å². The Balaban J connectivity index is 2.65. The van der Waals surface area contributed by atoms with Crippen molar-refractivity contribution < 1.29 is 9.84 Å². The highest BCUT2D eigenvalue weighted by molar-refractivity contribution is 4.92. The zero-order valence-electron chi connectivity index (χ0n) is 11.2. The lowest BCUT2D eigenvalue weighted by atomic mass is 9.82. The average Bonchev–Trinajstić information content (AvgIpc) is 2.31. The van der Waals surface area contributed by atoms with E-state index in [0.29, 0.717) is 5.92 Å². The lowest BCUT2D eigenvalue weighted by Crippen LogP contribution is -2.58. The highest BCUT2D eigenvalue weighted by atomic mass is 16.5. The zero-order chi connectivity index (χ0) is 12.2. The lowest BCUT2D eigenvalue weighted by Gasteiger charge is -2.46. The van der Waals surface area contributed by atoms with Crippen molar-refractivity contribution in [2.75, 3.05) is 26.3 Å². The van der Waals surface area contributed by atoms with Crippen LogP contribution in [0.25, 0.3) is 0 Å². The van der Waals surface area contributed by atoms with E-state index < -0.39 is 0 Å². The molecule has 0 spiro atoms. The van der Waals surface area contributed by atoms with E-state index in [-0.39, 0.29) is 11.6 Å². The van der Waals surface area contributed by atoms with Crippen molar-refractivity contribution in [3.63, 3.8) is 0 Å². The van der Waals surface area contributed by atoms with Gasteiger partial charge in [0.05, 0.1) is 19.3 Å². The van der Waals surface area contributed by atoms with Crippen LogP contribution in [0.2, 0.25) is 0 Å². The van der Waals surface area contributed by atoms with Gasteiger partial charge in [-0.15, -0.1) is 0 Å². The fourth-order valence-corrected chi connectivity index (χ4v) is 2.64. The van der Waals surface area contributed by atoms with Gasteiger partial charge in [-0.3, -0.25) is 4.90 Å². The first-order valence-electron chi connectivity index (χ1n) is 6.54. The van der Waals surface area contributed by atoms with E-state index in [1.54, 1.807) is 0 Å². The van der Waals surface area contributed by atoms with E-state index in [2.05, 4.69) is 32.6 Å². The van der Waals surface area contributed by atoms with Crippen LogP contribution in [0, 0.1) is 5.92 Å². The minimum Gasteiger partial charge on any atom is -0.391 e. The Hall–Kier alpha value is -0.120. The van der Waals surface area contributed by atoms with E-state index in [4.69, 9.17) is 4.74 Å². The fraction of sp³-hybridized carbons (Fsp3) is 1.00. The number of hydrogen-bond acceptors (Lipinski definition) is 3. The molecule has 1 heterocycles. The summed E-state index contributed by atoms with van der Waals surface area (Å²) < 4.78 is 5.36. The van der Waals surface area contributed by atoms with Gasteiger partial charge >= 0.3 is 0 Å². The normalized spacial score (nSPS) is 21.4. The van der Waals surface area contributed by atoms with Crippen molar-refractivity contribution in [2.24, 2.45) is 5.92 Å². The molecule has 0 amide bonds. The predicted octanol–water partition coefficient (Wildman–Crippen LogP) is 1.89. The minimum absolute atomic E-state index is 0.138. The molecule has 0 aliphatic carbocycles. The number of ether oxygens (including phenoxy) is 1. The van der Waals surface area contributed by atoms with Crippen molar-refractivity contribution >= 4 is 0 Å². The molecule has 0 aromatic heterocycles. The van der Waals surface area contributed by atoms with E-state index in [1.807, 2.05) is 0 Å². The minimum atomic E-state index is -0.249. The monoisotopic (exact) mass is 229 g/mol. The molecule has 0 radical (unpaired) electrons. The van der Waals surface area contributed by atoms with Crippen LogP contribution in [0.15, 0.2) is 0 Å². The molecule has 1 aliphatic rings. The van der Waals surface area contributed by atoms with Crippen LogP contribution in [0.5, 0.6) is 0 Å². The summed E-state index contributed by atoms with van der Waals surface area (Å²) in [6.07, 6.45) is 1.84. The van der Waals surface area contributed by atoms with Crippen LogP contribution in [0.1, 0.15) is 40.5 Å². The van der Waals surface area contributed by atoms with Gasteiger partial charge < -0.3 is 9.84 Å². The maximum absolute atomic E-state index is 10.5. The highest BCUT2D eigenvalue weighted by Crippen LogP contribution is 2.28. The number of morpholine rings is 1. The molecule has 0 bridgehead atoms. The molecular weight excluding hydrogens is 202 g/mol. The maximum atomic E-state index is 10.5. The Kier molecular flexibility index (Phi) is 5.22. The summed E-state index contributed by atoms with van der Waals surface area (Å²) in [6.45, 7) is 12.1. The van der Waals surface area contributed by atoms with Crippen LogP contribution < -0.4 is 0 Å². The third-order valence-corrected chi connectivity index (χ3v) is 4.05. The summed E-state index contributed by atoms with van der Waals surface area (Å²) >= 11 is 0. The van der Waals surface area contributed by atoms with Gasteiger partial charge in [-0.05, 0) is 19.8 Å². The number of rotatable bonds is 5. The predicted molar refractivity (Wildman–Crippen MR) is 66.5 cm³/mol. The second-order valence-electron chi connectivity index (χ2n) is 5.27. The van der Waals surface area contributed by atoms with Gasteiger partial charge in [-0.25, -0.2) is 0 Å². The lowest BCUT2D eigenvalue weighted by molar-refractivity contribution is -0.0812. The van der Waals surface area contributed by atoms with Crippen LogP contribution >= 0.6 is 0 Å². The SMILES string of the molecule is CCC(CC)C(O)C(C)(C)N1CCOCC1. The van der Waals surface area contributed by atoms with Crippen LogP contribution in [-0.4, -0.2) is 48.0 Å². The number of aliphatic hydroxyl groups excluding tert-OH is 1. The van der Waals surface area contributed by atoms with Gasteiger partial charge in [0.25, 0.3) is 0 Å². The molecule has 1 rings (SSSR count). The van der Waals surface area contributed by atoms with Crippen molar-refractivity contribution in [1.29, 1.82) is 0 Å². The Labute approximate surface area is 99.8 Å². The summed E-state index contributed by atoms with van der Waals surface area (Å²) in [7, 11) is 0. The van der Waals surface area contributed by atoms with Gasteiger partial charge in [0, 0.05) is 18.6 Å². The topological polar surface area (TPSA) is 32.7 Å². The highest BCUT2D eigenvalue weighted by Gasteiger charge is 2.38. The standard InChI is InChI=1S/C13H27NO2/c1-5-11(6-2)12(15)13(3,4)14-7-9-16-10-8-14/h11-12,15H,5-10H2,1-4H3. The van der Waals surface area contributed by atoms with E-state index in [1.165, 1.54) is 0 Å². The second kappa shape index (κ2) is 5.99. The van der Waals surface area contributed by atoms with Crippen molar-refractivity contribution in [3.8, 4) is 0 Å². The van der Waals surface area contributed by atoms with E-state index in [9.17, 15) is 5.11 Å². The molecule has 16 heavy (non-hydrogen) atoms. The number of hydrogen-bond donors (Lipinski definition) is 1. The van der Waals surface area contributed by atoms with Gasteiger partial charge in [0.15, 0.2) is 0 Å². The van der Waals surface area contributed by atoms with Gasteiger partial charge in [-0.1, -0.05) is 26.7 Å². The summed E-state index contributed by atoms with van der Waals surface area (Å²) in [5.74, 6) is 0.401. The fourth-order valence-electron chi connectivity index (χ4n) is 2.64. The second-order valence-corrected chi connectivity index (χ2v) is 5.27. The zero-order valence-corrected chi connectivity index (χ0v) is 11.2. The molecule has 1 atom stereocenters. The third kappa shape index (κ3) is 2.96. The van der Waals surface area contributed by atoms with Gasteiger partial charge in [0.1, 0.15) is 0 Å². The Morgan fingerprint density at radius 1 is 1.19 bits per heavy atom. The largest absolute Gasteiger partial charge is 0.391 e. The first-order chi connectivity index (χ1) is 7.54.